The summed E-state index contributed by atoms with van der Waals surface area (Å²) in [5.74, 6) is 0. The molecule has 1 heterocycles. The van der Waals surface area contributed by atoms with Crippen molar-refractivity contribution in [3.63, 3.8) is 0 Å². The highest BCUT2D eigenvalue weighted by Gasteiger charge is 2.11. The molecule has 1 aromatic heterocycles. The second-order valence-corrected chi connectivity index (χ2v) is 4.10. The monoisotopic (exact) mass is 262 g/mol. The van der Waals surface area contributed by atoms with E-state index in [-0.39, 0.29) is 5.69 Å². The molecule has 0 aliphatic rings. The van der Waals surface area contributed by atoms with Gasteiger partial charge in [-0.1, -0.05) is 34.8 Å². The molecule has 0 unspecified atom stereocenters. The lowest BCUT2D eigenvalue weighted by atomic mass is 10.3. The molecule has 0 fully saturated rings. The van der Waals surface area contributed by atoms with Crippen LogP contribution in [-0.4, -0.2) is 9.55 Å². The Balaban J connectivity index is 2.74. The van der Waals surface area contributed by atoms with Gasteiger partial charge >= 0.3 is 5.69 Å². The predicted octanol–water partition coefficient (Wildman–Crippen LogP) is 3.13. The van der Waals surface area contributed by atoms with Crippen LogP contribution in [-0.2, 0) is 0 Å². The SMILES string of the molecule is O=c1[nH]ccn1-c1c(Cl)cc(Cl)cc1Cl. The molecule has 3 nitrogen and oxygen atoms in total. The van der Waals surface area contributed by atoms with Crippen LogP contribution in [0.1, 0.15) is 0 Å². The number of imidazole rings is 1. The van der Waals surface area contributed by atoms with Gasteiger partial charge in [0.25, 0.3) is 0 Å². The molecule has 1 aromatic carbocycles. The highest BCUT2D eigenvalue weighted by molar-refractivity contribution is 6.40. The number of nitrogens with one attached hydrogen (secondary N) is 1. The van der Waals surface area contributed by atoms with Crippen molar-refractivity contribution in [3.05, 3.63) is 50.1 Å². The summed E-state index contributed by atoms with van der Waals surface area (Å²) >= 11 is 17.7. The molecule has 0 amide bonds. The second-order valence-electron chi connectivity index (χ2n) is 2.85. The van der Waals surface area contributed by atoms with Crippen molar-refractivity contribution >= 4 is 34.8 Å². The van der Waals surface area contributed by atoms with Crippen LogP contribution < -0.4 is 5.69 Å². The maximum absolute atomic E-state index is 11.4. The topological polar surface area (TPSA) is 37.8 Å². The van der Waals surface area contributed by atoms with Crippen LogP contribution in [0.15, 0.2) is 29.3 Å². The number of H-pyrrole nitrogens is 1. The molecule has 0 radical (unpaired) electrons. The van der Waals surface area contributed by atoms with Crippen LogP contribution in [0.5, 0.6) is 0 Å². The van der Waals surface area contributed by atoms with Crippen LogP contribution in [0.2, 0.25) is 15.1 Å². The average Bonchev–Trinajstić information content (AvgIpc) is 2.50. The van der Waals surface area contributed by atoms with Gasteiger partial charge in [-0.05, 0) is 12.1 Å². The van der Waals surface area contributed by atoms with E-state index in [0.29, 0.717) is 20.8 Å². The third kappa shape index (κ3) is 1.91. The molecule has 0 aliphatic heterocycles. The van der Waals surface area contributed by atoms with Crippen molar-refractivity contribution in [2.24, 2.45) is 0 Å². The van der Waals surface area contributed by atoms with E-state index < -0.39 is 0 Å². The van der Waals surface area contributed by atoms with Crippen molar-refractivity contribution in [2.75, 3.05) is 0 Å². The van der Waals surface area contributed by atoms with Gasteiger partial charge in [-0.2, -0.15) is 0 Å². The third-order valence-electron chi connectivity index (χ3n) is 1.87. The fourth-order valence-electron chi connectivity index (χ4n) is 1.26. The van der Waals surface area contributed by atoms with Gasteiger partial charge in [0, 0.05) is 17.4 Å². The highest BCUT2D eigenvalue weighted by Crippen LogP contribution is 2.31. The second kappa shape index (κ2) is 3.93. The summed E-state index contributed by atoms with van der Waals surface area (Å²) in [5.41, 5.74) is 0.120. The van der Waals surface area contributed by atoms with Gasteiger partial charge in [-0.3, -0.25) is 4.57 Å². The molecule has 15 heavy (non-hydrogen) atoms. The summed E-state index contributed by atoms with van der Waals surface area (Å²) < 4.78 is 1.32. The van der Waals surface area contributed by atoms with Crippen molar-refractivity contribution in [1.29, 1.82) is 0 Å². The lowest BCUT2D eigenvalue weighted by Gasteiger charge is -2.07. The molecule has 2 rings (SSSR count). The molecule has 78 valence electrons. The Morgan fingerprint density at radius 2 is 1.73 bits per heavy atom. The number of nitrogens with zero attached hydrogens (tertiary/aromatic N) is 1. The Morgan fingerprint density at radius 3 is 2.20 bits per heavy atom. The van der Waals surface area contributed by atoms with Crippen molar-refractivity contribution in [3.8, 4) is 5.69 Å². The molecule has 0 saturated carbocycles. The maximum Gasteiger partial charge on any atom is 0.330 e. The minimum atomic E-state index is -0.305. The van der Waals surface area contributed by atoms with Gasteiger partial charge in [-0.15, -0.1) is 0 Å². The first-order valence-corrected chi connectivity index (χ1v) is 5.14. The van der Waals surface area contributed by atoms with E-state index in [9.17, 15) is 4.79 Å². The zero-order valence-corrected chi connectivity index (χ0v) is 9.57. The van der Waals surface area contributed by atoms with Crippen LogP contribution in [0.25, 0.3) is 5.69 Å². The summed E-state index contributed by atoms with van der Waals surface area (Å²) in [6.45, 7) is 0. The molecular weight excluding hydrogens is 258 g/mol. The maximum atomic E-state index is 11.4. The molecular formula is C9H5Cl3N2O. The Morgan fingerprint density at radius 1 is 1.13 bits per heavy atom. The third-order valence-corrected chi connectivity index (χ3v) is 2.67. The van der Waals surface area contributed by atoms with Gasteiger partial charge in [0.15, 0.2) is 0 Å². The Bertz CT molecular complexity index is 535. The number of aromatic nitrogens is 2. The fraction of sp³-hybridized carbons (Fsp3) is 0. The summed E-state index contributed by atoms with van der Waals surface area (Å²) in [6, 6.07) is 3.06. The summed E-state index contributed by atoms with van der Waals surface area (Å²) in [7, 11) is 0. The van der Waals surface area contributed by atoms with Crippen LogP contribution >= 0.6 is 34.8 Å². The summed E-state index contributed by atoms with van der Waals surface area (Å²) in [6.07, 6.45) is 3.05. The van der Waals surface area contributed by atoms with Crippen molar-refractivity contribution in [1.82, 2.24) is 9.55 Å². The minimum Gasteiger partial charge on any atom is -0.312 e. The van der Waals surface area contributed by atoms with E-state index in [4.69, 9.17) is 34.8 Å². The van der Waals surface area contributed by atoms with Crippen LogP contribution in [0.4, 0.5) is 0 Å². The molecule has 0 saturated heterocycles. The Labute approximate surface area is 100 Å². The van der Waals surface area contributed by atoms with Crippen molar-refractivity contribution < 1.29 is 0 Å². The molecule has 6 heteroatoms. The molecule has 0 spiro atoms. The van der Waals surface area contributed by atoms with Gasteiger partial charge in [0.05, 0.1) is 15.7 Å². The van der Waals surface area contributed by atoms with Gasteiger partial charge < -0.3 is 4.98 Å². The van der Waals surface area contributed by atoms with E-state index in [1.807, 2.05) is 0 Å². The van der Waals surface area contributed by atoms with E-state index in [2.05, 4.69) is 4.98 Å². The zero-order valence-electron chi connectivity index (χ0n) is 7.30. The smallest absolute Gasteiger partial charge is 0.312 e. The first kappa shape index (κ1) is 10.6. The number of rotatable bonds is 1. The van der Waals surface area contributed by atoms with E-state index in [0.717, 1.165) is 0 Å². The number of aromatic amines is 1. The Kier molecular flexibility index (Phi) is 2.78. The largest absolute Gasteiger partial charge is 0.330 e. The zero-order chi connectivity index (χ0) is 11.0. The standard InChI is InChI=1S/C9H5Cl3N2O/c10-5-3-6(11)8(7(12)4-5)14-2-1-13-9(14)15/h1-4H,(H,13,15). The average molecular weight is 264 g/mol. The summed E-state index contributed by atoms with van der Waals surface area (Å²) in [4.78, 5) is 13.9. The molecule has 0 aliphatic carbocycles. The molecule has 0 bridgehead atoms. The lowest BCUT2D eigenvalue weighted by molar-refractivity contribution is 0.988. The number of hydrogen-bond acceptors (Lipinski definition) is 1. The first-order chi connectivity index (χ1) is 7.09. The van der Waals surface area contributed by atoms with E-state index >= 15 is 0 Å². The van der Waals surface area contributed by atoms with Crippen LogP contribution in [0.3, 0.4) is 0 Å². The molecule has 1 N–H and O–H groups in total. The highest BCUT2D eigenvalue weighted by atomic mass is 35.5. The lowest BCUT2D eigenvalue weighted by Crippen LogP contribution is -2.14. The fourth-order valence-corrected chi connectivity index (χ4v) is 2.26. The van der Waals surface area contributed by atoms with Crippen molar-refractivity contribution in [2.45, 2.75) is 0 Å². The van der Waals surface area contributed by atoms with Gasteiger partial charge in [0.2, 0.25) is 0 Å². The van der Waals surface area contributed by atoms with Gasteiger partial charge in [0.1, 0.15) is 0 Å². The molecule has 2 aromatic rings. The van der Waals surface area contributed by atoms with E-state index in [1.165, 1.54) is 22.9 Å². The van der Waals surface area contributed by atoms with Crippen LogP contribution in [0, 0.1) is 0 Å². The Hall–Kier alpha value is -0.900. The normalized spacial score (nSPS) is 10.6. The number of benzene rings is 1. The van der Waals surface area contributed by atoms with Gasteiger partial charge in [-0.25, -0.2) is 4.79 Å². The quantitative estimate of drug-likeness (QED) is 0.843. The molecule has 0 atom stereocenters. The predicted molar refractivity (Wildman–Crippen MR) is 61.4 cm³/mol. The minimum absolute atomic E-state index is 0.305. The first-order valence-electron chi connectivity index (χ1n) is 4.00. The van der Waals surface area contributed by atoms with E-state index in [1.54, 1.807) is 6.20 Å². The summed E-state index contributed by atoms with van der Waals surface area (Å²) in [5, 5.41) is 1.08. The number of hydrogen-bond donors (Lipinski definition) is 1. The number of halogens is 3.